The molecule has 0 bridgehead atoms. The number of aromatic amines is 1. The summed E-state index contributed by atoms with van der Waals surface area (Å²) in [6.07, 6.45) is 3.46. The van der Waals surface area contributed by atoms with Crippen molar-refractivity contribution in [2.24, 2.45) is 0 Å². The van der Waals surface area contributed by atoms with Gasteiger partial charge in [0.25, 0.3) is 10.1 Å². The van der Waals surface area contributed by atoms with Crippen molar-refractivity contribution in [3.05, 3.63) is 54.4 Å². The number of nitrogens with one attached hydrogen (secondary N) is 1. The summed E-state index contributed by atoms with van der Waals surface area (Å²) in [5, 5.41) is 13.2. The van der Waals surface area contributed by atoms with Gasteiger partial charge in [0, 0.05) is 12.8 Å². The molecule has 0 aliphatic heterocycles. The number of quaternary nitrogens is 1. The molecular weight excluding hydrogens is 452 g/mol. The molecule has 2 aromatic carbocycles. The Kier molecular flexibility index (Phi) is 9.44. The Bertz CT molecular complexity index is 1110. The number of aromatic nitrogens is 3. The molecule has 0 fully saturated rings. The van der Waals surface area contributed by atoms with Crippen molar-refractivity contribution in [2.45, 2.75) is 46.1 Å². The molecule has 0 amide bonds. The first-order valence-corrected chi connectivity index (χ1v) is 13.7. The highest BCUT2D eigenvalue weighted by Crippen LogP contribution is 2.31. The second-order valence-corrected chi connectivity index (χ2v) is 10.3. The maximum absolute atomic E-state index is 12.4. The normalized spacial score (nSPS) is 13.3. The Balaban J connectivity index is 1.44. The summed E-state index contributed by atoms with van der Waals surface area (Å²) < 4.78 is 36.7. The van der Waals surface area contributed by atoms with Gasteiger partial charge < -0.3 is 9.22 Å². The van der Waals surface area contributed by atoms with Gasteiger partial charge in [-0.2, -0.15) is 23.8 Å². The molecule has 0 aliphatic rings. The van der Waals surface area contributed by atoms with Gasteiger partial charge in [0.15, 0.2) is 0 Å². The maximum atomic E-state index is 12.4. The van der Waals surface area contributed by atoms with E-state index in [4.69, 9.17) is 8.92 Å². The highest BCUT2D eigenvalue weighted by Gasteiger charge is 2.35. The second kappa shape index (κ2) is 12.3. The van der Waals surface area contributed by atoms with Gasteiger partial charge in [-0.25, -0.2) is 0 Å². The molecule has 34 heavy (non-hydrogen) atoms. The van der Waals surface area contributed by atoms with E-state index in [0.29, 0.717) is 25.9 Å². The summed E-state index contributed by atoms with van der Waals surface area (Å²) in [6.45, 7) is 9.86. The molecule has 1 atom stereocenters. The minimum absolute atomic E-state index is 0.00989. The third-order valence-electron chi connectivity index (χ3n) is 6.74. The van der Waals surface area contributed by atoms with Crippen molar-refractivity contribution < 1.29 is 21.8 Å². The molecule has 186 valence electrons. The van der Waals surface area contributed by atoms with Crippen LogP contribution in [0.15, 0.2) is 48.7 Å². The Labute approximate surface area is 203 Å². The van der Waals surface area contributed by atoms with Gasteiger partial charge in [0.2, 0.25) is 0 Å². The molecule has 0 saturated carbocycles. The lowest BCUT2D eigenvalue weighted by Crippen LogP contribution is -2.50. The molecule has 0 aliphatic carbocycles. The fourth-order valence-corrected chi connectivity index (χ4v) is 5.62. The highest BCUT2D eigenvalue weighted by atomic mass is 32.2. The third kappa shape index (κ3) is 6.77. The molecule has 1 unspecified atom stereocenters. The van der Waals surface area contributed by atoms with Gasteiger partial charge in [-0.3, -0.25) is 4.18 Å². The first-order valence-electron chi connectivity index (χ1n) is 12.1. The average molecular weight is 490 g/mol. The number of ether oxygens (including phenoxy) is 1. The van der Waals surface area contributed by atoms with Gasteiger partial charge in [-0.05, 0) is 50.1 Å². The van der Waals surface area contributed by atoms with Crippen LogP contribution in [-0.4, -0.2) is 66.9 Å². The third-order valence-corrected chi connectivity index (χ3v) is 8.05. The minimum atomic E-state index is -3.59. The van der Waals surface area contributed by atoms with Crippen LogP contribution in [0.3, 0.4) is 0 Å². The van der Waals surface area contributed by atoms with Crippen LogP contribution in [0, 0.1) is 0 Å². The summed E-state index contributed by atoms with van der Waals surface area (Å²) in [5.41, 5.74) is 0.884. The number of fused-ring (bicyclic) bond motifs is 1. The van der Waals surface area contributed by atoms with Crippen LogP contribution in [0.2, 0.25) is 0 Å². The summed E-state index contributed by atoms with van der Waals surface area (Å²) in [6, 6.07) is 14.1. The van der Waals surface area contributed by atoms with Crippen molar-refractivity contribution in [2.75, 3.05) is 38.6 Å². The van der Waals surface area contributed by atoms with Crippen molar-refractivity contribution in [3.63, 3.8) is 0 Å². The first kappa shape index (κ1) is 26.1. The number of hydrogen-bond acceptors (Lipinski definition) is 6. The smallest absolute Gasteiger partial charge is 0.267 e. The van der Waals surface area contributed by atoms with Crippen molar-refractivity contribution in [1.29, 1.82) is 0 Å². The molecule has 0 saturated heterocycles. The first-order chi connectivity index (χ1) is 16.4. The zero-order valence-corrected chi connectivity index (χ0v) is 21.3. The quantitative estimate of drug-likeness (QED) is 0.192. The monoisotopic (exact) mass is 489 g/mol. The summed E-state index contributed by atoms with van der Waals surface area (Å²) in [5.74, 6) is 0.758. The Morgan fingerprint density at radius 1 is 0.971 bits per heavy atom. The second-order valence-electron chi connectivity index (χ2n) is 8.51. The van der Waals surface area contributed by atoms with Crippen LogP contribution >= 0.6 is 0 Å². The molecule has 1 aromatic heterocycles. The van der Waals surface area contributed by atoms with E-state index in [0.717, 1.165) is 46.3 Å². The predicted octanol–water partition coefficient (Wildman–Crippen LogP) is 4.47. The summed E-state index contributed by atoms with van der Waals surface area (Å²) >= 11 is 0. The summed E-state index contributed by atoms with van der Waals surface area (Å²) in [4.78, 5) is 0. The molecule has 0 spiro atoms. The van der Waals surface area contributed by atoms with E-state index in [1.165, 1.54) is 0 Å². The van der Waals surface area contributed by atoms with E-state index in [2.05, 4.69) is 42.2 Å². The van der Waals surface area contributed by atoms with Gasteiger partial charge >= 0.3 is 0 Å². The van der Waals surface area contributed by atoms with E-state index in [1.54, 1.807) is 6.20 Å². The molecule has 8 nitrogen and oxygen atoms in total. The molecule has 3 aromatic rings. The Morgan fingerprint density at radius 3 is 2.38 bits per heavy atom. The van der Waals surface area contributed by atoms with Crippen molar-refractivity contribution in [3.8, 4) is 5.75 Å². The molecule has 3 rings (SSSR count). The predicted molar refractivity (Wildman–Crippen MR) is 134 cm³/mol. The molecule has 9 heteroatoms. The zero-order chi connectivity index (χ0) is 24.4. The fourth-order valence-electron chi connectivity index (χ4n) is 4.61. The topological polar surface area (TPSA) is 94.2 Å². The van der Waals surface area contributed by atoms with E-state index >= 15 is 0 Å². The van der Waals surface area contributed by atoms with Gasteiger partial charge in [0.05, 0.1) is 44.8 Å². The minimum Gasteiger partial charge on any atom is -0.493 e. The molecule has 1 heterocycles. The molecule has 1 N–H and O–H groups in total. The number of hydrogen-bond donors (Lipinski definition) is 1. The van der Waals surface area contributed by atoms with Crippen LogP contribution in [-0.2, 0) is 14.3 Å². The number of benzene rings is 2. The summed E-state index contributed by atoms with van der Waals surface area (Å²) in [7, 11) is -3.59. The van der Waals surface area contributed by atoms with Gasteiger partial charge in [-0.1, -0.05) is 30.3 Å². The van der Waals surface area contributed by atoms with E-state index in [-0.39, 0.29) is 18.4 Å². The average Bonchev–Trinajstić information content (AvgIpc) is 3.38. The SMILES string of the molecule is CC[N+](CC)(CC)C(CCCS(=O)(=O)OCCCOc1ccc2ccccc2c1)c1cn[nH]n1. The standard InChI is InChI=1S/C25H37N4O4S/c1-4-29(5-2,6-3)25(24-20-26-28-27-24)13-9-18-34(30,31)33-17-10-16-32-23-15-14-21-11-7-8-12-22(21)19-23/h7-8,11-12,14-15,19-20,25H,4-6,9-10,13,16-18H2,1-3H3,(H,26,27,28)/q+1. The molecular formula is C25H37N4O4S+. The van der Waals surface area contributed by atoms with E-state index in [9.17, 15) is 8.42 Å². The van der Waals surface area contributed by atoms with E-state index in [1.807, 2.05) is 36.4 Å². The van der Waals surface area contributed by atoms with Crippen LogP contribution in [0.1, 0.15) is 51.8 Å². The van der Waals surface area contributed by atoms with Gasteiger partial charge in [0.1, 0.15) is 17.5 Å². The Morgan fingerprint density at radius 2 is 1.71 bits per heavy atom. The van der Waals surface area contributed by atoms with Crippen LogP contribution < -0.4 is 4.74 Å². The fraction of sp³-hybridized carbons (Fsp3) is 0.520. The van der Waals surface area contributed by atoms with E-state index < -0.39 is 10.1 Å². The Hall–Kier alpha value is -2.49. The number of rotatable bonds is 15. The van der Waals surface area contributed by atoms with Crippen molar-refractivity contribution in [1.82, 2.24) is 15.4 Å². The van der Waals surface area contributed by atoms with Crippen LogP contribution in [0.4, 0.5) is 0 Å². The van der Waals surface area contributed by atoms with Crippen molar-refractivity contribution >= 4 is 20.9 Å². The maximum Gasteiger partial charge on any atom is 0.267 e. The number of H-pyrrole nitrogens is 1. The largest absolute Gasteiger partial charge is 0.493 e. The van der Waals surface area contributed by atoms with Crippen LogP contribution in [0.25, 0.3) is 10.8 Å². The number of nitrogens with zero attached hydrogens (tertiary/aromatic N) is 3. The lowest BCUT2D eigenvalue weighted by molar-refractivity contribution is -0.953. The lowest BCUT2D eigenvalue weighted by Gasteiger charge is -2.42. The van der Waals surface area contributed by atoms with Gasteiger partial charge in [-0.15, -0.1) is 0 Å². The van der Waals surface area contributed by atoms with Crippen LogP contribution in [0.5, 0.6) is 5.75 Å². The molecule has 0 radical (unpaired) electrons. The highest BCUT2D eigenvalue weighted by molar-refractivity contribution is 7.86. The zero-order valence-electron chi connectivity index (χ0n) is 20.4. The lowest BCUT2D eigenvalue weighted by atomic mass is 10.0.